The number of esters is 1. The Morgan fingerprint density at radius 3 is 2.80 bits per heavy atom. The van der Waals surface area contributed by atoms with Crippen molar-refractivity contribution in [3.63, 3.8) is 0 Å². The quantitative estimate of drug-likeness (QED) is 0.846. The summed E-state index contributed by atoms with van der Waals surface area (Å²) in [4.78, 5) is 20.0. The molecule has 0 radical (unpaired) electrons. The van der Waals surface area contributed by atoms with E-state index in [0.717, 1.165) is 36.7 Å². The third kappa shape index (κ3) is 2.11. The van der Waals surface area contributed by atoms with Gasteiger partial charge in [0, 0.05) is 12.2 Å². The molecule has 1 aliphatic rings. The Morgan fingerprint density at radius 1 is 1.35 bits per heavy atom. The maximum absolute atomic E-state index is 11.6. The van der Waals surface area contributed by atoms with E-state index >= 15 is 0 Å². The number of anilines is 1. The number of aromatic nitrogens is 3. The molecule has 0 atom stereocenters. The molecule has 6 nitrogen and oxygen atoms in total. The van der Waals surface area contributed by atoms with Gasteiger partial charge in [0.05, 0.1) is 24.9 Å². The lowest BCUT2D eigenvalue weighted by molar-refractivity contribution is -0.146. The minimum Gasteiger partial charge on any atom is -0.469 e. The number of carbonyl (C=O) groups is 1. The third-order valence-corrected chi connectivity index (χ3v) is 4.15. The Morgan fingerprint density at radius 2 is 2.10 bits per heavy atom. The van der Waals surface area contributed by atoms with Gasteiger partial charge in [-0.05, 0) is 31.7 Å². The van der Waals surface area contributed by atoms with Crippen LogP contribution < -0.4 is 5.73 Å². The maximum atomic E-state index is 11.6. The summed E-state index contributed by atoms with van der Waals surface area (Å²) in [5.74, 6) is 0.412. The second-order valence-electron chi connectivity index (χ2n) is 5.24. The van der Waals surface area contributed by atoms with Crippen molar-refractivity contribution in [1.29, 1.82) is 0 Å². The SMILES string of the molecule is COC(=O)C1CCC(n2cnc3c(N)nccc32)CC1. The minimum atomic E-state index is -0.0904. The number of nitrogens with two attached hydrogens (primary N) is 1. The number of imidazole rings is 1. The van der Waals surface area contributed by atoms with Crippen molar-refractivity contribution in [3.05, 3.63) is 18.6 Å². The third-order valence-electron chi connectivity index (χ3n) is 4.15. The molecule has 1 saturated carbocycles. The molecule has 1 aliphatic carbocycles. The van der Waals surface area contributed by atoms with Crippen molar-refractivity contribution in [2.45, 2.75) is 31.7 Å². The first-order valence-electron chi connectivity index (χ1n) is 6.85. The normalized spacial score (nSPS) is 22.9. The first kappa shape index (κ1) is 12.9. The summed E-state index contributed by atoms with van der Waals surface area (Å²) in [6.07, 6.45) is 7.15. The summed E-state index contributed by atoms with van der Waals surface area (Å²) < 4.78 is 6.97. The zero-order valence-electron chi connectivity index (χ0n) is 11.5. The van der Waals surface area contributed by atoms with Gasteiger partial charge in [0.1, 0.15) is 5.52 Å². The lowest BCUT2D eigenvalue weighted by Gasteiger charge is -2.28. The summed E-state index contributed by atoms with van der Waals surface area (Å²) in [6.45, 7) is 0. The Bertz CT molecular complexity index is 629. The van der Waals surface area contributed by atoms with Gasteiger partial charge in [0.25, 0.3) is 0 Å². The zero-order chi connectivity index (χ0) is 14.1. The van der Waals surface area contributed by atoms with Crippen molar-refractivity contribution < 1.29 is 9.53 Å². The summed E-state index contributed by atoms with van der Waals surface area (Å²) >= 11 is 0. The highest BCUT2D eigenvalue weighted by Crippen LogP contribution is 2.34. The van der Waals surface area contributed by atoms with E-state index in [1.165, 1.54) is 7.11 Å². The predicted octanol–water partition coefficient (Wildman–Crippen LogP) is 1.92. The molecule has 6 heteroatoms. The molecule has 1 fully saturated rings. The smallest absolute Gasteiger partial charge is 0.308 e. The van der Waals surface area contributed by atoms with E-state index in [2.05, 4.69) is 14.5 Å². The van der Waals surface area contributed by atoms with Crippen LogP contribution in [0.25, 0.3) is 11.0 Å². The fourth-order valence-corrected chi connectivity index (χ4v) is 3.03. The highest BCUT2D eigenvalue weighted by molar-refractivity contribution is 5.84. The largest absolute Gasteiger partial charge is 0.469 e. The number of carbonyl (C=O) groups excluding carboxylic acids is 1. The molecule has 20 heavy (non-hydrogen) atoms. The number of rotatable bonds is 2. The van der Waals surface area contributed by atoms with Crippen LogP contribution in [0.3, 0.4) is 0 Å². The molecule has 3 rings (SSSR count). The van der Waals surface area contributed by atoms with E-state index in [1.807, 2.05) is 12.4 Å². The van der Waals surface area contributed by atoms with Gasteiger partial charge in [-0.1, -0.05) is 0 Å². The molecular formula is C14H18N4O2. The summed E-state index contributed by atoms with van der Waals surface area (Å²) in [6, 6.07) is 2.30. The molecule has 2 heterocycles. The van der Waals surface area contributed by atoms with Crippen molar-refractivity contribution in [3.8, 4) is 0 Å². The van der Waals surface area contributed by atoms with Gasteiger partial charge in [-0.3, -0.25) is 4.79 Å². The van der Waals surface area contributed by atoms with Gasteiger partial charge in [0.2, 0.25) is 0 Å². The van der Waals surface area contributed by atoms with Gasteiger partial charge in [-0.15, -0.1) is 0 Å². The number of hydrogen-bond acceptors (Lipinski definition) is 5. The molecule has 0 aromatic carbocycles. The molecule has 0 amide bonds. The average Bonchev–Trinajstić information content (AvgIpc) is 2.92. The van der Waals surface area contributed by atoms with E-state index < -0.39 is 0 Å². The van der Waals surface area contributed by atoms with Crippen LogP contribution >= 0.6 is 0 Å². The summed E-state index contributed by atoms with van der Waals surface area (Å²) in [5, 5.41) is 0. The van der Waals surface area contributed by atoms with Gasteiger partial charge < -0.3 is 15.0 Å². The highest BCUT2D eigenvalue weighted by Gasteiger charge is 2.28. The topological polar surface area (TPSA) is 83.0 Å². The zero-order valence-corrected chi connectivity index (χ0v) is 11.5. The van der Waals surface area contributed by atoms with Gasteiger partial charge in [-0.25, -0.2) is 9.97 Å². The Hall–Kier alpha value is -2.11. The van der Waals surface area contributed by atoms with Crippen LogP contribution in [0.1, 0.15) is 31.7 Å². The summed E-state index contributed by atoms with van der Waals surface area (Å²) in [7, 11) is 1.45. The molecule has 0 spiro atoms. The average molecular weight is 274 g/mol. The first-order chi connectivity index (χ1) is 9.70. The highest BCUT2D eigenvalue weighted by atomic mass is 16.5. The number of fused-ring (bicyclic) bond motifs is 1. The lowest BCUT2D eigenvalue weighted by Crippen LogP contribution is -2.24. The van der Waals surface area contributed by atoms with Gasteiger partial charge in [0.15, 0.2) is 5.82 Å². The molecule has 106 valence electrons. The Labute approximate surface area is 117 Å². The van der Waals surface area contributed by atoms with Crippen molar-refractivity contribution in [1.82, 2.24) is 14.5 Å². The van der Waals surface area contributed by atoms with E-state index in [-0.39, 0.29) is 11.9 Å². The molecule has 0 saturated heterocycles. The first-order valence-corrected chi connectivity index (χ1v) is 6.85. The molecule has 2 aromatic heterocycles. The fraction of sp³-hybridized carbons (Fsp3) is 0.500. The molecule has 0 bridgehead atoms. The van der Waals surface area contributed by atoms with E-state index in [1.54, 1.807) is 6.20 Å². The predicted molar refractivity (Wildman–Crippen MR) is 75.0 cm³/mol. The van der Waals surface area contributed by atoms with Crippen LogP contribution in [-0.4, -0.2) is 27.6 Å². The Kier molecular flexibility index (Phi) is 3.30. The number of pyridine rings is 1. The number of hydrogen-bond donors (Lipinski definition) is 1. The number of nitrogen functional groups attached to an aromatic ring is 1. The van der Waals surface area contributed by atoms with E-state index in [0.29, 0.717) is 11.9 Å². The molecular weight excluding hydrogens is 256 g/mol. The standard InChI is InChI=1S/C14H18N4O2/c1-20-14(19)9-2-4-10(5-3-9)18-8-17-12-11(18)6-7-16-13(12)15/h6-10H,2-5H2,1H3,(H2,15,16). The fourth-order valence-electron chi connectivity index (χ4n) is 3.03. The van der Waals surface area contributed by atoms with Crippen molar-refractivity contribution in [2.75, 3.05) is 12.8 Å². The van der Waals surface area contributed by atoms with Crippen LogP contribution in [-0.2, 0) is 9.53 Å². The molecule has 0 aliphatic heterocycles. The van der Waals surface area contributed by atoms with E-state index in [4.69, 9.17) is 10.5 Å². The van der Waals surface area contributed by atoms with E-state index in [9.17, 15) is 4.79 Å². The second-order valence-corrected chi connectivity index (χ2v) is 5.24. The Balaban J connectivity index is 1.80. The molecule has 2 N–H and O–H groups in total. The minimum absolute atomic E-state index is 0.0396. The van der Waals surface area contributed by atoms with Crippen LogP contribution in [0.2, 0.25) is 0 Å². The monoisotopic (exact) mass is 274 g/mol. The van der Waals surface area contributed by atoms with Gasteiger partial charge in [-0.2, -0.15) is 0 Å². The van der Waals surface area contributed by atoms with Crippen LogP contribution in [0.15, 0.2) is 18.6 Å². The van der Waals surface area contributed by atoms with Crippen molar-refractivity contribution in [2.24, 2.45) is 5.92 Å². The molecule has 2 aromatic rings. The second kappa shape index (κ2) is 5.11. The maximum Gasteiger partial charge on any atom is 0.308 e. The van der Waals surface area contributed by atoms with Crippen LogP contribution in [0, 0.1) is 5.92 Å². The number of nitrogens with zero attached hydrogens (tertiary/aromatic N) is 3. The number of ether oxygens (including phenoxy) is 1. The molecule has 0 unspecified atom stereocenters. The summed E-state index contributed by atoms with van der Waals surface area (Å²) in [5.41, 5.74) is 7.60. The van der Waals surface area contributed by atoms with Gasteiger partial charge >= 0.3 is 5.97 Å². The van der Waals surface area contributed by atoms with Crippen molar-refractivity contribution >= 4 is 22.8 Å². The van der Waals surface area contributed by atoms with Crippen LogP contribution in [0.4, 0.5) is 5.82 Å². The lowest BCUT2D eigenvalue weighted by atomic mass is 9.86. The number of methoxy groups -OCH3 is 1. The van der Waals surface area contributed by atoms with Crippen LogP contribution in [0.5, 0.6) is 0 Å².